The van der Waals surface area contributed by atoms with E-state index in [1.54, 1.807) is 27.7 Å². The number of fused-ring (bicyclic) bond motifs is 5. The van der Waals surface area contributed by atoms with Crippen molar-refractivity contribution in [2.75, 3.05) is 13.3 Å². The Morgan fingerprint density at radius 2 is 1.94 bits per heavy atom. The molecule has 3 saturated carbocycles. The molecule has 4 aliphatic carbocycles. The predicted octanol–water partition coefficient (Wildman–Crippen LogP) is 3.96. The van der Waals surface area contributed by atoms with Crippen molar-refractivity contribution in [1.29, 1.82) is 0 Å². The minimum absolute atomic E-state index is 0.00288. The minimum Gasteiger partial charge on any atom is -0.460 e. The number of alkyl halides is 2. The molecule has 9 heteroatoms. The van der Waals surface area contributed by atoms with Crippen LogP contribution in [0.2, 0.25) is 0 Å². The number of carbonyl (C=O) groups is 3. The van der Waals surface area contributed by atoms with E-state index in [1.807, 2.05) is 0 Å². The molecular formula is C26H33F3O6. The van der Waals surface area contributed by atoms with Crippen LogP contribution in [0.15, 0.2) is 23.6 Å². The number of hydrogen-bond donors (Lipinski definition) is 1. The van der Waals surface area contributed by atoms with Crippen molar-refractivity contribution in [3.8, 4) is 0 Å². The van der Waals surface area contributed by atoms with Crippen LogP contribution in [-0.2, 0) is 23.9 Å². The number of ketones is 1. The molecule has 0 amide bonds. The van der Waals surface area contributed by atoms with E-state index in [9.17, 15) is 28.3 Å². The second-order valence-electron chi connectivity index (χ2n) is 10.9. The summed E-state index contributed by atoms with van der Waals surface area (Å²) in [5.41, 5.74) is -4.36. The van der Waals surface area contributed by atoms with Crippen LogP contribution in [0.4, 0.5) is 13.2 Å². The van der Waals surface area contributed by atoms with Gasteiger partial charge in [0.2, 0.25) is 11.4 Å². The molecule has 1 N–H and O–H groups in total. The average molecular weight is 499 g/mol. The maximum Gasteiger partial charge on any atom is 0.351 e. The molecule has 0 spiro atoms. The fourth-order valence-corrected chi connectivity index (χ4v) is 7.93. The maximum atomic E-state index is 15.6. The first-order valence-electron chi connectivity index (χ1n) is 12.3. The van der Waals surface area contributed by atoms with E-state index in [1.165, 1.54) is 6.08 Å². The number of esters is 2. The van der Waals surface area contributed by atoms with E-state index in [2.05, 4.69) is 0 Å². The van der Waals surface area contributed by atoms with Crippen molar-refractivity contribution in [1.82, 2.24) is 0 Å². The van der Waals surface area contributed by atoms with Crippen LogP contribution in [0.1, 0.15) is 53.4 Å². The van der Waals surface area contributed by atoms with Crippen LogP contribution < -0.4 is 0 Å². The molecule has 0 saturated heterocycles. The zero-order chi connectivity index (χ0) is 25.9. The Balaban J connectivity index is 1.82. The van der Waals surface area contributed by atoms with Crippen LogP contribution in [0.25, 0.3) is 0 Å². The quantitative estimate of drug-likeness (QED) is 0.577. The molecule has 194 valence electrons. The molecule has 0 heterocycles. The monoisotopic (exact) mass is 498 g/mol. The van der Waals surface area contributed by atoms with Gasteiger partial charge in [0.25, 0.3) is 0 Å². The largest absolute Gasteiger partial charge is 0.460 e. The summed E-state index contributed by atoms with van der Waals surface area (Å²) in [6.07, 6.45) is -0.0326. The molecular weight excluding hydrogens is 465 g/mol. The first-order chi connectivity index (χ1) is 16.4. The van der Waals surface area contributed by atoms with Crippen LogP contribution in [0.3, 0.4) is 0 Å². The smallest absolute Gasteiger partial charge is 0.351 e. The van der Waals surface area contributed by atoms with E-state index in [-0.39, 0.29) is 30.8 Å². The molecule has 4 rings (SSSR count). The predicted molar refractivity (Wildman–Crippen MR) is 119 cm³/mol. The SMILES string of the molecule is CCC(=O)O[C@]1(C(=O)OCCF)[C@@H](C)C[C@H]2[C@@H]3C[C@H](F)C4=C(F)C(=O)C=C[C@]4(C)[C@H]3[C@@H](O)C[C@@]21C. The van der Waals surface area contributed by atoms with Crippen molar-refractivity contribution in [3.05, 3.63) is 23.6 Å². The van der Waals surface area contributed by atoms with Gasteiger partial charge >= 0.3 is 11.9 Å². The van der Waals surface area contributed by atoms with Gasteiger partial charge in [-0.1, -0.05) is 33.8 Å². The number of halogens is 3. The van der Waals surface area contributed by atoms with Crippen LogP contribution in [-0.4, -0.2) is 54.0 Å². The van der Waals surface area contributed by atoms with Gasteiger partial charge in [0.1, 0.15) is 19.5 Å². The van der Waals surface area contributed by atoms with Crippen molar-refractivity contribution >= 4 is 17.7 Å². The number of rotatable bonds is 5. The molecule has 4 aliphatic rings. The number of ether oxygens (including phenoxy) is 2. The Morgan fingerprint density at radius 1 is 1.26 bits per heavy atom. The zero-order valence-corrected chi connectivity index (χ0v) is 20.5. The number of hydrogen-bond acceptors (Lipinski definition) is 6. The van der Waals surface area contributed by atoms with E-state index >= 15 is 4.39 Å². The number of aliphatic hydroxyl groups excluding tert-OH is 1. The second kappa shape index (κ2) is 8.75. The lowest BCUT2D eigenvalue weighted by Gasteiger charge is -2.60. The van der Waals surface area contributed by atoms with Gasteiger partial charge in [0.05, 0.1) is 6.10 Å². The normalized spacial score (nSPS) is 44.4. The molecule has 35 heavy (non-hydrogen) atoms. The lowest BCUT2D eigenvalue weighted by atomic mass is 9.46. The Kier molecular flexibility index (Phi) is 6.48. The summed E-state index contributed by atoms with van der Waals surface area (Å²) in [6, 6.07) is 0. The van der Waals surface area contributed by atoms with E-state index in [4.69, 9.17) is 9.47 Å². The average Bonchev–Trinajstić information content (AvgIpc) is 3.01. The van der Waals surface area contributed by atoms with Gasteiger partial charge in [-0.15, -0.1) is 0 Å². The number of allylic oxidation sites excluding steroid dienone is 4. The van der Waals surface area contributed by atoms with Crippen LogP contribution in [0.5, 0.6) is 0 Å². The Labute approximate surface area is 202 Å². The fourth-order valence-electron chi connectivity index (χ4n) is 7.93. The van der Waals surface area contributed by atoms with E-state index in [0.29, 0.717) is 6.42 Å². The molecule has 0 aliphatic heterocycles. The van der Waals surface area contributed by atoms with Gasteiger partial charge in [-0.05, 0) is 37.2 Å². The van der Waals surface area contributed by atoms with E-state index < -0.39 is 83.3 Å². The summed E-state index contributed by atoms with van der Waals surface area (Å²) in [5.74, 6) is -5.51. The molecule has 0 aromatic carbocycles. The van der Waals surface area contributed by atoms with Gasteiger partial charge in [0.15, 0.2) is 5.83 Å². The lowest BCUT2D eigenvalue weighted by Crippen LogP contribution is -2.64. The first kappa shape index (κ1) is 25.9. The number of carbonyl (C=O) groups excluding carboxylic acids is 3. The van der Waals surface area contributed by atoms with E-state index in [0.717, 1.165) is 6.08 Å². The molecule has 3 fully saturated rings. The summed E-state index contributed by atoms with van der Waals surface area (Å²) in [4.78, 5) is 37.9. The number of aliphatic hydroxyl groups is 1. The van der Waals surface area contributed by atoms with Crippen LogP contribution in [0, 0.1) is 34.5 Å². The zero-order valence-electron chi connectivity index (χ0n) is 20.5. The van der Waals surface area contributed by atoms with Crippen molar-refractivity contribution in [3.63, 3.8) is 0 Å². The highest BCUT2D eigenvalue weighted by atomic mass is 19.1. The molecule has 0 aromatic rings. The van der Waals surface area contributed by atoms with Crippen LogP contribution >= 0.6 is 0 Å². The molecule has 6 nitrogen and oxygen atoms in total. The molecule has 0 bridgehead atoms. The topological polar surface area (TPSA) is 89.9 Å². The Hall–Kier alpha value is -2.16. The van der Waals surface area contributed by atoms with Crippen molar-refractivity contribution < 1.29 is 42.1 Å². The third-order valence-electron chi connectivity index (χ3n) is 9.27. The summed E-state index contributed by atoms with van der Waals surface area (Å²) >= 11 is 0. The summed E-state index contributed by atoms with van der Waals surface area (Å²) in [5, 5.41) is 11.5. The lowest BCUT2D eigenvalue weighted by molar-refractivity contribution is -0.219. The molecule has 0 radical (unpaired) electrons. The fraction of sp³-hybridized carbons (Fsp3) is 0.731. The van der Waals surface area contributed by atoms with Gasteiger partial charge in [-0.3, -0.25) is 9.59 Å². The van der Waals surface area contributed by atoms with Crippen molar-refractivity contribution in [2.24, 2.45) is 34.5 Å². The summed E-state index contributed by atoms with van der Waals surface area (Å²) in [6.45, 7) is 5.30. The highest BCUT2D eigenvalue weighted by molar-refractivity contribution is 6.04. The van der Waals surface area contributed by atoms with Gasteiger partial charge in [0, 0.05) is 34.7 Å². The highest BCUT2D eigenvalue weighted by Gasteiger charge is 2.74. The van der Waals surface area contributed by atoms with Gasteiger partial charge in [-0.25, -0.2) is 18.0 Å². The van der Waals surface area contributed by atoms with Crippen molar-refractivity contribution in [2.45, 2.75) is 71.3 Å². The minimum atomic E-state index is -1.78. The Bertz CT molecular complexity index is 994. The summed E-state index contributed by atoms with van der Waals surface area (Å²) in [7, 11) is 0. The second-order valence-corrected chi connectivity index (χ2v) is 10.9. The van der Waals surface area contributed by atoms with Gasteiger partial charge in [-0.2, -0.15) is 0 Å². The molecule has 9 atom stereocenters. The first-order valence-corrected chi connectivity index (χ1v) is 12.3. The third-order valence-corrected chi connectivity index (χ3v) is 9.27. The Morgan fingerprint density at radius 3 is 2.57 bits per heavy atom. The molecule has 0 aromatic heterocycles. The third kappa shape index (κ3) is 3.44. The summed E-state index contributed by atoms with van der Waals surface area (Å²) < 4.78 is 54.3. The highest BCUT2D eigenvalue weighted by Crippen LogP contribution is 2.69. The maximum absolute atomic E-state index is 15.6. The van der Waals surface area contributed by atoms with Gasteiger partial charge < -0.3 is 14.6 Å². The standard InChI is InChI=1S/C26H33F3O6/c1-5-19(32)35-26(23(33)34-9-8-27)13(2)10-15-14-11-16(28)21-22(29)17(30)6-7-24(21,3)20(14)18(31)12-25(15,26)4/h6-7,13-16,18,20,31H,5,8-12H2,1-4H3/t13-,14-,15-,16-,18-,20+,24+,25-,26-/m0/s1. The molecule has 0 unspecified atom stereocenters.